The second-order valence-corrected chi connectivity index (χ2v) is 5.45. The van der Waals surface area contributed by atoms with Gasteiger partial charge in [0.15, 0.2) is 0 Å². The lowest BCUT2D eigenvalue weighted by atomic mass is 10.2. The third kappa shape index (κ3) is 3.70. The van der Waals surface area contributed by atoms with Crippen molar-refractivity contribution in [3.05, 3.63) is 46.4 Å². The normalized spacial score (nSPS) is 10.4. The van der Waals surface area contributed by atoms with Crippen molar-refractivity contribution in [1.82, 2.24) is 4.98 Å². The highest BCUT2D eigenvalue weighted by molar-refractivity contribution is 9.10. The van der Waals surface area contributed by atoms with Gasteiger partial charge in [-0.2, -0.15) is 0 Å². The number of halogens is 2. The van der Waals surface area contributed by atoms with Gasteiger partial charge >= 0.3 is 0 Å². The van der Waals surface area contributed by atoms with Crippen LogP contribution in [0.5, 0.6) is 0 Å². The molecule has 0 atom stereocenters. The standard InChI is InChI=1S/C15H17BrFN3/c1-3-4-19-11-6-12(9-18-8-11)20-15-7-13(16)14(17)5-10(15)2/h5-9,19-20H,3-4H2,1-2H3. The van der Waals surface area contributed by atoms with Crippen molar-refractivity contribution < 1.29 is 4.39 Å². The zero-order valence-corrected chi connectivity index (χ0v) is 13.1. The quantitative estimate of drug-likeness (QED) is 0.818. The summed E-state index contributed by atoms with van der Waals surface area (Å²) in [7, 11) is 0. The molecule has 106 valence electrons. The molecule has 5 heteroatoms. The van der Waals surface area contributed by atoms with Crippen LogP contribution < -0.4 is 10.6 Å². The van der Waals surface area contributed by atoms with E-state index in [1.165, 1.54) is 6.07 Å². The van der Waals surface area contributed by atoms with E-state index in [-0.39, 0.29) is 5.82 Å². The summed E-state index contributed by atoms with van der Waals surface area (Å²) in [5, 5.41) is 6.54. The predicted octanol–water partition coefficient (Wildman–Crippen LogP) is 4.86. The minimum absolute atomic E-state index is 0.260. The van der Waals surface area contributed by atoms with E-state index in [0.29, 0.717) is 4.47 Å². The minimum Gasteiger partial charge on any atom is -0.384 e. The van der Waals surface area contributed by atoms with E-state index < -0.39 is 0 Å². The van der Waals surface area contributed by atoms with Crippen LogP contribution in [0.25, 0.3) is 0 Å². The Hall–Kier alpha value is -1.62. The summed E-state index contributed by atoms with van der Waals surface area (Å²) < 4.78 is 13.8. The lowest BCUT2D eigenvalue weighted by Crippen LogP contribution is -2.01. The Morgan fingerprint density at radius 3 is 2.70 bits per heavy atom. The summed E-state index contributed by atoms with van der Waals surface area (Å²) in [4.78, 5) is 4.19. The van der Waals surface area contributed by atoms with E-state index in [1.807, 2.05) is 13.0 Å². The van der Waals surface area contributed by atoms with Gasteiger partial charge in [-0.05, 0) is 53.0 Å². The van der Waals surface area contributed by atoms with E-state index in [0.717, 1.165) is 35.6 Å². The Morgan fingerprint density at radius 1 is 1.20 bits per heavy atom. The topological polar surface area (TPSA) is 37.0 Å². The van der Waals surface area contributed by atoms with Crippen LogP contribution in [-0.2, 0) is 0 Å². The highest BCUT2D eigenvalue weighted by atomic mass is 79.9. The zero-order valence-electron chi connectivity index (χ0n) is 11.5. The van der Waals surface area contributed by atoms with Crippen molar-refractivity contribution in [1.29, 1.82) is 0 Å². The lowest BCUT2D eigenvalue weighted by molar-refractivity contribution is 0.620. The predicted molar refractivity (Wildman–Crippen MR) is 85.1 cm³/mol. The number of aromatic nitrogens is 1. The van der Waals surface area contributed by atoms with Gasteiger partial charge in [-0.1, -0.05) is 6.92 Å². The highest BCUT2D eigenvalue weighted by Gasteiger charge is 2.06. The molecule has 3 nitrogen and oxygen atoms in total. The van der Waals surface area contributed by atoms with Crippen LogP contribution in [0.3, 0.4) is 0 Å². The second-order valence-electron chi connectivity index (χ2n) is 4.60. The first-order chi connectivity index (χ1) is 9.60. The van der Waals surface area contributed by atoms with Crippen molar-refractivity contribution in [3.63, 3.8) is 0 Å². The van der Waals surface area contributed by atoms with Gasteiger partial charge in [-0.3, -0.25) is 4.98 Å². The van der Waals surface area contributed by atoms with E-state index in [9.17, 15) is 4.39 Å². The van der Waals surface area contributed by atoms with Crippen LogP contribution in [0, 0.1) is 12.7 Å². The molecule has 1 aromatic heterocycles. The number of nitrogens with one attached hydrogen (secondary N) is 2. The fourth-order valence-corrected chi connectivity index (χ4v) is 2.15. The monoisotopic (exact) mass is 337 g/mol. The maximum absolute atomic E-state index is 13.4. The summed E-state index contributed by atoms with van der Waals surface area (Å²) in [5.74, 6) is -0.260. The fraction of sp³-hybridized carbons (Fsp3) is 0.267. The molecule has 0 saturated heterocycles. The molecular weight excluding hydrogens is 321 g/mol. The molecule has 0 aliphatic carbocycles. The molecule has 0 unspecified atom stereocenters. The number of hydrogen-bond acceptors (Lipinski definition) is 3. The van der Waals surface area contributed by atoms with Crippen molar-refractivity contribution >= 4 is 33.0 Å². The molecule has 0 bridgehead atoms. The van der Waals surface area contributed by atoms with Gasteiger partial charge in [0.1, 0.15) is 5.82 Å². The third-order valence-corrected chi connectivity index (χ3v) is 3.47. The van der Waals surface area contributed by atoms with E-state index in [1.54, 1.807) is 18.5 Å². The fourth-order valence-electron chi connectivity index (χ4n) is 1.81. The number of benzene rings is 1. The molecule has 20 heavy (non-hydrogen) atoms. The summed E-state index contributed by atoms with van der Waals surface area (Å²) in [5.41, 5.74) is 3.54. The van der Waals surface area contributed by atoms with Crippen molar-refractivity contribution in [2.75, 3.05) is 17.2 Å². The van der Waals surface area contributed by atoms with Gasteiger partial charge in [-0.15, -0.1) is 0 Å². The number of pyridine rings is 1. The molecule has 2 aromatic rings. The summed E-state index contributed by atoms with van der Waals surface area (Å²) in [6, 6.07) is 5.22. The van der Waals surface area contributed by atoms with Crippen LogP contribution in [-0.4, -0.2) is 11.5 Å². The van der Waals surface area contributed by atoms with Crippen LogP contribution in [0.2, 0.25) is 0 Å². The van der Waals surface area contributed by atoms with Crippen molar-refractivity contribution in [2.24, 2.45) is 0 Å². The summed E-state index contributed by atoms with van der Waals surface area (Å²) in [6.45, 7) is 4.89. The van der Waals surface area contributed by atoms with Gasteiger partial charge in [-0.25, -0.2) is 4.39 Å². The first kappa shape index (κ1) is 14.8. The molecule has 0 aliphatic heterocycles. The summed E-state index contributed by atoms with van der Waals surface area (Å²) in [6.07, 6.45) is 4.59. The molecule has 0 spiro atoms. The van der Waals surface area contributed by atoms with Crippen molar-refractivity contribution in [3.8, 4) is 0 Å². The van der Waals surface area contributed by atoms with E-state index in [2.05, 4.69) is 38.5 Å². The van der Waals surface area contributed by atoms with Gasteiger partial charge in [0.25, 0.3) is 0 Å². The van der Waals surface area contributed by atoms with Gasteiger partial charge in [0, 0.05) is 12.2 Å². The van der Waals surface area contributed by atoms with E-state index >= 15 is 0 Å². The molecule has 0 fully saturated rings. The number of hydrogen-bond donors (Lipinski definition) is 2. The Balaban J connectivity index is 2.19. The van der Waals surface area contributed by atoms with E-state index in [4.69, 9.17) is 0 Å². The Morgan fingerprint density at radius 2 is 1.95 bits per heavy atom. The number of anilines is 3. The molecular formula is C15H17BrFN3. The van der Waals surface area contributed by atoms with Crippen molar-refractivity contribution in [2.45, 2.75) is 20.3 Å². The first-order valence-corrected chi connectivity index (χ1v) is 7.31. The highest BCUT2D eigenvalue weighted by Crippen LogP contribution is 2.27. The Kier molecular flexibility index (Phi) is 4.95. The molecule has 0 aliphatic rings. The second kappa shape index (κ2) is 6.70. The van der Waals surface area contributed by atoms with Gasteiger partial charge in [0.2, 0.25) is 0 Å². The van der Waals surface area contributed by atoms with Crippen LogP contribution in [0.15, 0.2) is 35.1 Å². The Labute approximate surface area is 126 Å². The molecule has 0 saturated carbocycles. The zero-order chi connectivity index (χ0) is 14.5. The van der Waals surface area contributed by atoms with Gasteiger partial charge in [0.05, 0.1) is 28.2 Å². The number of nitrogens with zero attached hydrogens (tertiary/aromatic N) is 1. The maximum Gasteiger partial charge on any atom is 0.137 e. The third-order valence-electron chi connectivity index (χ3n) is 2.86. The smallest absolute Gasteiger partial charge is 0.137 e. The first-order valence-electron chi connectivity index (χ1n) is 6.51. The molecule has 0 amide bonds. The molecule has 1 aromatic carbocycles. The lowest BCUT2D eigenvalue weighted by Gasteiger charge is -2.12. The average molecular weight is 338 g/mol. The largest absolute Gasteiger partial charge is 0.384 e. The maximum atomic E-state index is 13.4. The Bertz CT molecular complexity index is 602. The van der Waals surface area contributed by atoms with Gasteiger partial charge < -0.3 is 10.6 Å². The number of aryl methyl sites for hydroxylation is 1. The van der Waals surface area contributed by atoms with Crippen LogP contribution >= 0.6 is 15.9 Å². The molecule has 2 N–H and O–H groups in total. The van der Waals surface area contributed by atoms with Crippen LogP contribution in [0.1, 0.15) is 18.9 Å². The molecule has 2 rings (SSSR count). The molecule has 1 heterocycles. The SMILES string of the molecule is CCCNc1cncc(Nc2cc(Br)c(F)cc2C)c1. The molecule has 0 radical (unpaired) electrons. The summed E-state index contributed by atoms with van der Waals surface area (Å²) >= 11 is 3.20. The number of rotatable bonds is 5. The average Bonchev–Trinajstić information content (AvgIpc) is 2.43. The van der Waals surface area contributed by atoms with Crippen LogP contribution in [0.4, 0.5) is 21.5 Å². The minimum atomic E-state index is -0.260.